The Kier molecular flexibility index (Phi) is 4.81. The van der Waals surface area contributed by atoms with Gasteiger partial charge in [0.25, 0.3) is 0 Å². The Labute approximate surface area is 120 Å². The number of carbonyl (C=O) groups excluding carboxylic acids is 1. The highest BCUT2D eigenvalue weighted by atomic mass is 79.9. The van der Waals surface area contributed by atoms with Crippen molar-refractivity contribution in [3.8, 4) is 0 Å². The predicted molar refractivity (Wildman–Crippen MR) is 76.7 cm³/mol. The lowest BCUT2D eigenvalue weighted by atomic mass is 9.92. The van der Waals surface area contributed by atoms with Crippen molar-refractivity contribution >= 4 is 33.2 Å². The van der Waals surface area contributed by atoms with Crippen LogP contribution in [0.15, 0.2) is 15.9 Å². The molecule has 1 fully saturated rings. The van der Waals surface area contributed by atoms with Crippen LogP contribution in [0.4, 0.5) is 0 Å². The number of hydrogen-bond acceptors (Lipinski definition) is 3. The van der Waals surface area contributed by atoms with Crippen molar-refractivity contribution in [3.05, 3.63) is 20.8 Å². The van der Waals surface area contributed by atoms with Gasteiger partial charge in [-0.3, -0.25) is 4.79 Å². The monoisotopic (exact) mass is 331 g/mol. The smallest absolute Gasteiger partial charge is 0.227 e. The highest BCUT2D eigenvalue weighted by Gasteiger charge is 2.25. The quantitative estimate of drug-likeness (QED) is 0.925. The lowest BCUT2D eigenvalue weighted by molar-refractivity contribution is -0.132. The van der Waals surface area contributed by atoms with Gasteiger partial charge in [0.15, 0.2) is 0 Å². The SMILES string of the molecule is CC(O)C1CCN(C(=O)Cc2ccc(Br)s2)CC1. The van der Waals surface area contributed by atoms with Gasteiger partial charge in [0, 0.05) is 18.0 Å². The van der Waals surface area contributed by atoms with Crippen molar-refractivity contribution in [2.45, 2.75) is 32.3 Å². The van der Waals surface area contributed by atoms with Crippen LogP contribution in [0.1, 0.15) is 24.6 Å². The van der Waals surface area contributed by atoms with Crippen LogP contribution in [0.5, 0.6) is 0 Å². The molecule has 1 aromatic heterocycles. The molecule has 1 aromatic rings. The van der Waals surface area contributed by atoms with E-state index in [1.165, 1.54) is 0 Å². The fourth-order valence-electron chi connectivity index (χ4n) is 2.34. The van der Waals surface area contributed by atoms with Crippen LogP contribution in [0, 0.1) is 5.92 Å². The minimum atomic E-state index is -0.254. The summed E-state index contributed by atoms with van der Waals surface area (Å²) in [5.41, 5.74) is 0. The molecule has 1 atom stereocenters. The second kappa shape index (κ2) is 6.17. The van der Waals surface area contributed by atoms with Crippen LogP contribution in [0.2, 0.25) is 0 Å². The first-order valence-corrected chi connectivity index (χ1v) is 7.87. The average Bonchev–Trinajstić information content (AvgIpc) is 2.75. The summed E-state index contributed by atoms with van der Waals surface area (Å²) >= 11 is 5.02. The second-order valence-electron chi connectivity index (χ2n) is 4.84. The van der Waals surface area contributed by atoms with Crippen LogP contribution < -0.4 is 0 Å². The third-order valence-corrected chi connectivity index (χ3v) is 5.15. The Morgan fingerprint density at radius 2 is 2.22 bits per heavy atom. The maximum Gasteiger partial charge on any atom is 0.227 e. The Bertz CT molecular complexity index is 411. The maximum absolute atomic E-state index is 12.1. The van der Waals surface area contributed by atoms with Gasteiger partial charge in [-0.2, -0.15) is 0 Å². The number of nitrogens with zero attached hydrogens (tertiary/aromatic N) is 1. The Morgan fingerprint density at radius 3 is 2.72 bits per heavy atom. The first-order chi connectivity index (χ1) is 8.56. The van der Waals surface area contributed by atoms with Crippen molar-refractivity contribution in [1.29, 1.82) is 0 Å². The number of aliphatic hydroxyl groups is 1. The minimum Gasteiger partial charge on any atom is -0.393 e. The first-order valence-electron chi connectivity index (χ1n) is 6.26. The van der Waals surface area contributed by atoms with E-state index >= 15 is 0 Å². The largest absolute Gasteiger partial charge is 0.393 e. The molecule has 0 saturated carbocycles. The Hall–Kier alpha value is -0.390. The lowest BCUT2D eigenvalue weighted by Gasteiger charge is -2.33. The summed E-state index contributed by atoms with van der Waals surface area (Å²) in [6, 6.07) is 3.97. The summed E-state index contributed by atoms with van der Waals surface area (Å²) in [6.45, 7) is 3.40. The van der Waals surface area contributed by atoms with E-state index in [1.807, 2.05) is 24.0 Å². The van der Waals surface area contributed by atoms with Gasteiger partial charge in [-0.25, -0.2) is 0 Å². The van der Waals surface area contributed by atoms with Crippen molar-refractivity contribution in [2.75, 3.05) is 13.1 Å². The summed E-state index contributed by atoms with van der Waals surface area (Å²) in [7, 11) is 0. The van der Waals surface area contributed by atoms with E-state index in [9.17, 15) is 9.90 Å². The average molecular weight is 332 g/mol. The van der Waals surface area contributed by atoms with E-state index in [1.54, 1.807) is 11.3 Å². The predicted octanol–water partition coefficient (Wildman–Crippen LogP) is 2.67. The molecule has 0 radical (unpaired) electrons. The zero-order valence-electron chi connectivity index (χ0n) is 10.4. The van der Waals surface area contributed by atoms with Crippen molar-refractivity contribution in [1.82, 2.24) is 4.90 Å². The second-order valence-corrected chi connectivity index (χ2v) is 7.39. The zero-order chi connectivity index (χ0) is 13.1. The molecule has 2 rings (SSSR count). The number of aliphatic hydroxyl groups excluding tert-OH is 1. The maximum atomic E-state index is 12.1. The number of rotatable bonds is 3. The number of amides is 1. The van der Waals surface area contributed by atoms with E-state index in [0.717, 1.165) is 34.6 Å². The lowest BCUT2D eigenvalue weighted by Crippen LogP contribution is -2.41. The van der Waals surface area contributed by atoms with Crippen LogP contribution in [0.3, 0.4) is 0 Å². The molecular weight excluding hydrogens is 314 g/mol. The molecular formula is C13H18BrNO2S. The van der Waals surface area contributed by atoms with Crippen LogP contribution in [-0.4, -0.2) is 35.1 Å². The molecule has 100 valence electrons. The van der Waals surface area contributed by atoms with Gasteiger partial charge in [-0.05, 0) is 53.7 Å². The summed E-state index contributed by atoms with van der Waals surface area (Å²) in [6.07, 6.45) is 2.07. The summed E-state index contributed by atoms with van der Waals surface area (Å²) in [4.78, 5) is 15.1. The normalized spacial score (nSPS) is 18.9. The van der Waals surface area contributed by atoms with Crippen LogP contribution in [0.25, 0.3) is 0 Å². The molecule has 0 bridgehead atoms. The van der Waals surface area contributed by atoms with Crippen molar-refractivity contribution in [3.63, 3.8) is 0 Å². The topological polar surface area (TPSA) is 40.5 Å². The Morgan fingerprint density at radius 1 is 1.56 bits per heavy atom. The van der Waals surface area contributed by atoms with Gasteiger partial charge in [0.2, 0.25) is 5.91 Å². The fourth-order valence-corrected chi connectivity index (χ4v) is 3.81. The highest BCUT2D eigenvalue weighted by molar-refractivity contribution is 9.11. The fraction of sp³-hybridized carbons (Fsp3) is 0.615. The molecule has 1 aliphatic rings. The number of carbonyl (C=O) groups is 1. The highest BCUT2D eigenvalue weighted by Crippen LogP contribution is 2.24. The van der Waals surface area contributed by atoms with Crippen LogP contribution >= 0.6 is 27.3 Å². The van der Waals surface area contributed by atoms with E-state index < -0.39 is 0 Å². The first kappa shape index (κ1) is 14.0. The molecule has 1 unspecified atom stereocenters. The standard InChI is InChI=1S/C13H18BrNO2S/c1-9(16)10-4-6-15(7-5-10)13(17)8-11-2-3-12(14)18-11/h2-3,9-10,16H,4-8H2,1H3. The van der Waals surface area contributed by atoms with Crippen molar-refractivity contribution in [2.24, 2.45) is 5.92 Å². The van der Waals surface area contributed by atoms with Gasteiger partial charge in [0.05, 0.1) is 16.3 Å². The number of halogens is 1. The van der Waals surface area contributed by atoms with Gasteiger partial charge >= 0.3 is 0 Å². The molecule has 5 heteroatoms. The van der Waals surface area contributed by atoms with E-state index in [-0.39, 0.29) is 12.0 Å². The van der Waals surface area contributed by atoms with E-state index in [4.69, 9.17) is 0 Å². The molecule has 2 heterocycles. The molecule has 0 aliphatic carbocycles. The van der Waals surface area contributed by atoms with Gasteiger partial charge in [-0.15, -0.1) is 11.3 Å². The summed E-state index contributed by atoms with van der Waals surface area (Å²) in [5.74, 6) is 0.554. The third-order valence-electron chi connectivity index (χ3n) is 3.53. The van der Waals surface area contributed by atoms with Gasteiger partial charge in [0.1, 0.15) is 0 Å². The van der Waals surface area contributed by atoms with Crippen LogP contribution in [-0.2, 0) is 11.2 Å². The molecule has 0 aromatic carbocycles. The molecule has 1 amide bonds. The minimum absolute atomic E-state index is 0.202. The number of thiophene rings is 1. The Balaban J connectivity index is 1.84. The molecule has 1 saturated heterocycles. The number of likely N-dealkylation sites (tertiary alicyclic amines) is 1. The van der Waals surface area contributed by atoms with E-state index in [0.29, 0.717) is 12.3 Å². The molecule has 18 heavy (non-hydrogen) atoms. The number of piperidine rings is 1. The molecule has 3 nitrogen and oxygen atoms in total. The third kappa shape index (κ3) is 3.56. The molecule has 0 spiro atoms. The van der Waals surface area contributed by atoms with E-state index in [2.05, 4.69) is 15.9 Å². The summed E-state index contributed by atoms with van der Waals surface area (Å²) < 4.78 is 1.07. The van der Waals surface area contributed by atoms with Crippen molar-refractivity contribution < 1.29 is 9.90 Å². The summed E-state index contributed by atoms with van der Waals surface area (Å²) in [5, 5.41) is 9.53. The number of hydrogen-bond donors (Lipinski definition) is 1. The van der Waals surface area contributed by atoms with Gasteiger partial charge < -0.3 is 10.0 Å². The van der Waals surface area contributed by atoms with Gasteiger partial charge in [-0.1, -0.05) is 0 Å². The molecule has 1 N–H and O–H groups in total. The molecule has 1 aliphatic heterocycles. The zero-order valence-corrected chi connectivity index (χ0v) is 12.8.